The van der Waals surface area contributed by atoms with Gasteiger partial charge in [-0.2, -0.15) is 5.10 Å². The zero-order valence-corrected chi connectivity index (χ0v) is 16.8. The number of fused-ring (bicyclic) bond motifs is 3. The van der Waals surface area contributed by atoms with Gasteiger partial charge < -0.3 is 0 Å². The maximum Gasteiger partial charge on any atom is 0.289 e. The standard InChI is InChI=1S/C16H16IN5O2S/c1-8-19-15-12(9-5-3-4-6-11(9)25-15)16(24)22(8)20-14(23)13-10(17)7-18-21(13)2/h7H,3-6H2,1-2H3,(H,20,23). The molecule has 4 rings (SSSR count). The van der Waals surface area contributed by atoms with Gasteiger partial charge in [-0.15, -0.1) is 11.3 Å². The Morgan fingerprint density at radius 2 is 2.12 bits per heavy atom. The molecule has 0 aromatic carbocycles. The average Bonchev–Trinajstić information content (AvgIpc) is 3.10. The Bertz CT molecular complexity index is 1050. The van der Waals surface area contributed by atoms with Gasteiger partial charge in [0.1, 0.15) is 16.3 Å². The highest BCUT2D eigenvalue weighted by molar-refractivity contribution is 14.1. The Balaban J connectivity index is 1.82. The highest BCUT2D eigenvalue weighted by Crippen LogP contribution is 2.33. The number of nitrogens with one attached hydrogen (secondary N) is 1. The number of carbonyl (C=O) groups is 1. The Hall–Kier alpha value is -1.75. The van der Waals surface area contributed by atoms with Gasteiger partial charge in [-0.1, -0.05) is 0 Å². The summed E-state index contributed by atoms with van der Waals surface area (Å²) in [5.41, 5.74) is 4.02. The maximum absolute atomic E-state index is 13.0. The molecule has 130 valence electrons. The minimum Gasteiger partial charge on any atom is -0.267 e. The smallest absolute Gasteiger partial charge is 0.267 e. The fraction of sp³-hybridized carbons (Fsp3) is 0.375. The number of hydrogen-bond donors (Lipinski definition) is 1. The van der Waals surface area contributed by atoms with Crippen LogP contribution in [0.15, 0.2) is 11.0 Å². The van der Waals surface area contributed by atoms with Gasteiger partial charge in [0.15, 0.2) is 0 Å². The summed E-state index contributed by atoms with van der Waals surface area (Å²) in [7, 11) is 1.70. The lowest BCUT2D eigenvalue weighted by atomic mass is 9.97. The molecule has 1 N–H and O–H groups in total. The Kier molecular flexibility index (Phi) is 4.14. The van der Waals surface area contributed by atoms with E-state index in [2.05, 4.69) is 38.1 Å². The van der Waals surface area contributed by atoms with E-state index in [1.807, 2.05) is 0 Å². The number of hydrogen-bond acceptors (Lipinski definition) is 5. The Morgan fingerprint density at radius 3 is 2.84 bits per heavy atom. The summed E-state index contributed by atoms with van der Waals surface area (Å²) in [6.45, 7) is 1.73. The maximum atomic E-state index is 13.0. The summed E-state index contributed by atoms with van der Waals surface area (Å²) in [6.07, 6.45) is 5.77. The molecule has 0 spiro atoms. The molecular formula is C16H16IN5O2S. The average molecular weight is 469 g/mol. The first kappa shape index (κ1) is 16.7. The minimum absolute atomic E-state index is 0.201. The summed E-state index contributed by atoms with van der Waals surface area (Å²) in [6, 6.07) is 0. The summed E-state index contributed by atoms with van der Waals surface area (Å²) >= 11 is 3.66. The number of thiophene rings is 1. The van der Waals surface area contributed by atoms with Crippen LogP contribution in [0.3, 0.4) is 0 Å². The summed E-state index contributed by atoms with van der Waals surface area (Å²) < 4.78 is 3.48. The van der Waals surface area contributed by atoms with Crippen molar-refractivity contribution < 1.29 is 4.79 Å². The lowest BCUT2D eigenvalue weighted by molar-refractivity contribution is 0.0996. The van der Waals surface area contributed by atoms with Gasteiger partial charge in [-0.05, 0) is 60.8 Å². The van der Waals surface area contributed by atoms with Gasteiger partial charge in [0, 0.05) is 11.9 Å². The van der Waals surface area contributed by atoms with Crippen molar-refractivity contribution in [1.29, 1.82) is 0 Å². The number of rotatable bonds is 2. The first-order valence-corrected chi connectivity index (χ1v) is 9.89. The van der Waals surface area contributed by atoms with Crippen LogP contribution in [0.4, 0.5) is 0 Å². The molecule has 0 bridgehead atoms. The zero-order valence-electron chi connectivity index (χ0n) is 13.8. The molecule has 3 heterocycles. The molecule has 25 heavy (non-hydrogen) atoms. The molecule has 0 atom stereocenters. The minimum atomic E-state index is -0.375. The van der Waals surface area contributed by atoms with Crippen molar-refractivity contribution in [1.82, 2.24) is 19.4 Å². The summed E-state index contributed by atoms with van der Waals surface area (Å²) in [5, 5.41) is 4.73. The molecule has 0 unspecified atom stereocenters. The molecular weight excluding hydrogens is 453 g/mol. The van der Waals surface area contributed by atoms with Crippen molar-refractivity contribution in [2.24, 2.45) is 7.05 Å². The molecule has 0 saturated carbocycles. The van der Waals surface area contributed by atoms with Crippen LogP contribution in [0.2, 0.25) is 0 Å². The number of halogens is 1. The highest BCUT2D eigenvalue weighted by atomic mass is 127. The number of amides is 1. The number of nitrogens with zero attached hydrogens (tertiary/aromatic N) is 4. The molecule has 0 radical (unpaired) electrons. The molecule has 1 amide bonds. The Morgan fingerprint density at radius 1 is 1.36 bits per heavy atom. The fourth-order valence-corrected chi connectivity index (χ4v) is 5.27. The van der Waals surface area contributed by atoms with Gasteiger partial charge in [0.2, 0.25) is 0 Å². The molecule has 0 aliphatic heterocycles. The number of aryl methyl sites for hydroxylation is 4. The Labute approximate surface area is 161 Å². The second kappa shape index (κ2) is 6.20. The van der Waals surface area contributed by atoms with Crippen molar-refractivity contribution in [2.45, 2.75) is 32.6 Å². The lowest BCUT2D eigenvalue weighted by Gasteiger charge is -2.13. The van der Waals surface area contributed by atoms with Crippen molar-refractivity contribution in [3.63, 3.8) is 0 Å². The van der Waals surface area contributed by atoms with E-state index < -0.39 is 0 Å². The topological polar surface area (TPSA) is 81.8 Å². The van der Waals surface area contributed by atoms with E-state index in [0.717, 1.165) is 39.6 Å². The van der Waals surface area contributed by atoms with Crippen LogP contribution in [0.1, 0.15) is 39.6 Å². The quantitative estimate of drug-likeness (QED) is 0.585. The zero-order chi connectivity index (χ0) is 17.7. The van der Waals surface area contributed by atoms with Crippen LogP contribution in [-0.4, -0.2) is 25.3 Å². The first-order chi connectivity index (χ1) is 12.0. The van der Waals surface area contributed by atoms with Crippen molar-refractivity contribution in [3.8, 4) is 0 Å². The van der Waals surface area contributed by atoms with Gasteiger partial charge in [0.25, 0.3) is 11.5 Å². The fourth-order valence-electron chi connectivity index (χ4n) is 3.26. The van der Waals surface area contributed by atoms with E-state index in [1.54, 1.807) is 31.5 Å². The third-order valence-electron chi connectivity index (χ3n) is 4.48. The van der Waals surface area contributed by atoms with Crippen LogP contribution in [0.25, 0.3) is 10.2 Å². The molecule has 7 nitrogen and oxygen atoms in total. The second-order valence-electron chi connectivity index (χ2n) is 6.10. The third-order valence-corrected chi connectivity index (χ3v) is 6.45. The molecule has 0 fully saturated rings. The first-order valence-electron chi connectivity index (χ1n) is 8.00. The molecule has 3 aromatic heterocycles. The SMILES string of the molecule is Cc1nc2sc3c(c2c(=O)n1NC(=O)c1c(I)cnn1C)CCCC3. The molecule has 0 saturated heterocycles. The van der Waals surface area contributed by atoms with Gasteiger partial charge in [-0.25, -0.2) is 9.66 Å². The number of carbonyl (C=O) groups excluding carboxylic acids is 1. The molecule has 1 aliphatic rings. The van der Waals surface area contributed by atoms with Crippen LogP contribution in [-0.2, 0) is 19.9 Å². The predicted octanol–water partition coefficient (Wildman–Crippen LogP) is 2.37. The van der Waals surface area contributed by atoms with E-state index in [9.17, 15) is 9.59 Å². The van der Waals surface area contributed by atoms with Crippen molar-refractivity contribution in [2.75, 3.05) is 5.43 Å². The summed E-state index contributed by atoms with van der Waals surface area (Å²) in [4.78, 5) is 32.3. The largest absolute Gasteiger partial charge is 0.289 e. The predicted molar refractivity (Wildman–Crippen MR) is 105 cm³/mol. The van der Waals surface area contributed by atoms with Crippen LogP contribution < -0.4 is 11.0 Å². The monoisotopic (exact) mass is 469 g/mol. The molecule has 9 heteroatoms. The van der Waals surface area contributed by atoms with Crippen LogP contribution >= 0.6 is 33.9 Å². The van der Waals surface area contributed by atoms with Crippen LogP contribution in [0.5, 0.6) is 0 Å². The van der Waals surface area contributed by atoms with E-state index in [4.69, 9.17) is 0 Å². The van der Waals surface area contributed by atoms with E-state index >= 15 is 0 Å². The second-order valence-corrected chi connectivity index (χ2v) is 8.34. The third kappa shape index (κ3) is 2.69. The van der Waals surface area contributed by atoms with Gasteiger partial charge >= 0.3 is 0 Å². The number of aromatic nitrogens is 4. The van der Waals surface area contributed by atoms with Crippen LogP contribution in [0, 0.1) is 10.5 Å². The highest BCUT2D eigenvalue weighted by Gasteiger charge is 2.23. The van der Waals surface area contributed by atoms with E-state index in [-0.39, 0.29) is 11.5 Å². The van der Waals surface area contributed by atoms with Gasteiger partial charge in [0.05, 0.1) is 15.2 Å². The van der Waals surface area contributed by atoms with E-state index in [0.29, 0.717) is 16.9 Å². The lowest BCUT2D eigenvalue weighted by Crippen LogP contribution is -2.36. The molecule has 1 aliphatic carbocycles. The molecule has 3 aromatic rings. The summed E-state index contributed by atoms with van der Waals surface area (Å²) in [5.74, 6) is 0.0986. The normalized spacial score (nSPS) is 13.9. The van der Waals surface area contributed by atoms with Crippen molar-refractivity contribution >= 4 is 50.1 Å². The van der Waals surface area contributed by atoms with Crippen molar-refractivity contribution in [3.05, 3.63) is 42.1 Å². The van der Waals surface area contributed by atoms with E-state index in [1.165, 1.54) is 14.2 Å². The van der Waals surface area contributed by atoms with Gasteiger partial charge in [-0.3, -0.25) is 19.7 Å².